The van der Waals surface area contributed by atoms with Crippen molar-refractivity contribution in [1.82, 2.24) is 15.1 Å². The van der Waals surface area contributed by atoms with Gasteiger partial charge in [0.15, 0.2) is 11.0 Å². The molecule has 0 spiro atoms. The van der Waals surface area contributed by atoms with E-state index in [2.05, 4.69) is 34.1 Å². The molecule has 2 rings (SSSR count). The fraction of sp³-hybridized carbons (Fsp3) is 0.600. The van der Waals surface area contributed by atoms with E-state index in [0.717, 1.165) is 31.4 Å². The number of halogens is 1. The van der Waals surface area contributed by atoms with Crippen LogP contribution in [0.1, 0.15) is 0 Å². The zero-order valence-corrected chi connectivity index (χ0v) is 9.78. The molecule has 0 amide bonds. The van der Waals surface area contributed by atoms with Crippen LogP contribution in [0.5, 0.6) is 0 Å². The molecule has 1 aliphatic rings. The highest BCUT2D eigenvalue weighted by atomic mass is 35.5. The molecule has 2 heterocycles. The first-order valence-electron chi connectivity index (χ1n) is 5.04. The highest BCUT2D eigenvalue weighted by Crippen LogP contribution is 2.22. The molecule has 5 heteroatoms. The number of hydrogen-bond acceptors (Lipinski definition) is 4. The Morgan fingerprint density at radius 1 is 1.40 bits per heavy atom. The minimum absolute atomic E-state index is 0.448. The quantitative estimate of drug-likeness (QED) is 0.774. The maximum atomic E-state index is 5.68. The molecule has 0 aromatic carbocycles. The van der Waals surface area contributed by atoms with Crippen molar-refractivity contribution in [2.75, 3.05) is 38.6 Å². The third-order valence-electron chi connectivity index (χ3n) is 2.52. The van der Waals surface area contributed by atoms with Crippen molar-refractivity contribution >= 4 is 17.4 Å². The first kappa shape index (κ1) is 10.6. The van der Waals surface area contributed by atoms with Gasteiger partial charge in [-0.15, -0.1) is 10.2 Å². The second kappa shape index (κ2) is 4.33. The molecule has 1 aliphatic heterocycles. The van der Waals surface area contributed by atoms with Crippen molar-refractivity contribution in [3.05, 3.63) is 17.3 Å². The summed E-state index contributed by atoms with van der Waals surface area (Å²) in [5.74, 6) is 1.67. The van der Waals surface area contributed by atoms with Gasteiger partial charge in [0.2, 0.25) is 0 Å². The van der Waals surface area contributed by atoms with Crippen LogP contribution in [0.25, 0.3) is 0 Å². The highest BCUT2D eigenvalue weighted by molar-refractivity contribution is 6.29. The van der Waals surface area contributed by atoms with Crippen LogP contribution < -0.4 is 4.90 Å². The average molecular weight is 227 g/mol. The molecule has 0 atom stereocenters. The predicted molar refractivity (Wildman–Crippen MR) is 61.3 cm³/mol. The Bertz CT molecular complexity index is 319. The minimum Gasteiger partial charge on any atom is -0.354 e. The standard InChI is InChI=1S/C10H15ClN4/c1-14(2)5-8-6-15(7-8)10-4-3-9(11)12-13-10/h3-4,8H,5-7H2,1-2H3. The molecule has 0 aliphatic carbocycles. The van der Waals surface area contributed by atoms with Gasteiger partial charge >= 0.3 is 0 Å². The smallest absolute Gasteiger partial charge is 0.151 e. The van der Waals surface area contributed by atoms with Gasteiger partial charge in [-0.05, 0) is 26.2 Å². The summed E-state index contributed by atoms with van der Waals surface area (Å²) in [6, 6.07) is 3.70. The molecule has 4 nitrogen and oxygen atoms in total. The van der Waals surface area contributed by atoms with Crippen LogP contribution in [0, 0.1) is 5.92 Å². The van der Waals surface area contributed by atoms with Crippen molar-refractivity contribution in [2.45, 2.75) is 0 Å². The summed E-state index contributed by atoms with van der Waals surface area (Å²) in [5.41, 5.74) is 0. The van der Waals surface area contributed by atoms with Crippen LogP contribution in [0.3, 0.4) is 0 Å². The maximum Gasteiger partial charge on any atom is 0.151 e. The van der Waals surface area contributed by atoms with E-state index in [1.165, 1.54) is 0 Å². The van der Waals surface area contributed by atoms with Crippen LogP contribution in [0.4, 0.5) is 5.82 Å². The second-order valence-corrected chi connectivity index (χ2v) is 4.63. The summed E-state index contributed by atoms with van der Waals surface area (Å²) in [4.78, 5) is 4.44. The Balaban J connectivity index is 1.86. The molecule has 0 unspecified atom stereocenters. The number of hydrogen-bond donors (Lipinski definition) is 0. The van der Waals surface area contributed by atoms with Gasteiger partial charge in [0.1, 0.15) is 0 Å². The fourth-order valence-corrected chi connectivity index (χ4v) is 1.97. The molecular weight excluding hydrogens is 212 g/mol. The van der Waals surface area contributed by atoms with Crippen LogP contribution in [-0.2, 0) is 0 Å². The zero-order chi connectivity index (χ0) is 10.8. The Labute approximate surface area is 94.8 Å². The van der Waals surface area contributed by atoms with Gasteiger partial charge in [-0.1, -0.05) is 11.6 Å². The van der Waals surface area contributed by atoms with Crippen LogP contribution in [-0.4, -0.2) is 48.8 Å². The summed E-state index contributed by atoms with van der Waals surface area (Å²) in [5, 5.41) is 8.32. The summed E-state index contributed by atoms with van der Waals surface area (Å²) >= 11 is 5.68. The Kier molecular flexibility index (Phi) is 3.07. The molecule has 1 aromatic heterocycles. The number of nitrogens with zero attached hydrogens (tertiary/aromatic N) is 4. The number of anilines is 1. The molecular formula is C10H15ClN4. The first-order chi connectivity index (χ1) is 7.15. The van der Waals surface area contributed by atoms with Crippen LogP contribution in [0.15, 0.2) is 12.1 Å². The maximum absolute atomic E-state index is 5.68. The number of rotatable bonds is 3. The van der Waals surface area contributed by atoms with E-state index in [-0.39, 0.29) is 0 Å². The van der Waals surface area contributed by atoms with Crippen molar-refractivity contribution < 1.29 is 0 Å². The summed E-state index contributed by atoms with van der Waals surface area (Å²) in [6.45, 7) is 3.26. The van der Waals surface area contributed by atoms with Crippen molar-refractivity contribution in [2.24, 2.45) is 5.92 Å². The van der Waals surface area contributed by atoms with Crippen LogP contribution >= 0.6 is 11.6 Å². The summed E-state index contributed by atoms with van der Waals surface area (Å²) in [7, 11) is 4.20. The lowest BCUT2D eigenvalue weighted by Gasteiger charge is -2.41. The fourth-order valence-electron chi connectivity index (χ4n) is 1.87. The molecule has 0 bridgehead atoms. The molecule has 1 fully saturated rings. The molecule has 1 saturated heterocycles. The average Bonchev–Trinajstić information content (AvgIpc) is 2.12. The lowest BCUT2D eigenvalue weighted by Crippen LogP contribution is -2.51. The van der Waals surface area contributed by atoms with Gasteiger partial charge in [-0.2, -0.15) is 0 Å². The first-order valence-corrected chi connectivity index (χ1v) is 5.42. The zero-order valence-electron chi connectivity index (χ0n) is 9.02. The normalized spacial score (nSPS) is 16.9. The minimum atomic E-state index is 0.448. The van der Waals surface area contributed by atoms with Gasteiger partial charge in [-0.3, -0.25) is 0 Å². The van der Waals surface area contributed by atoms with Gasteiger partial charge in [0.05, 0.1) is 0 Å². The molecule has 0 saturated carbocycles. The van der Waals surface area contributed by atoms with Gasteiger partial charge in [-0.25, -0.2) is 0 Å². The lowest BCUT2D eigenvalue weighted by molar-refractivity contribution is 0.282. The van der Waals surface area contributed by atoms with E-state index >= 15 is 0 Å². The van der Waals surface area contributed by atoms with Gasteiger partial charge < -0.3 is 9.80 Å². The lowest BCUT2D eigenvalue weighted by atomic mass is 10.00. The Morgan fingerprint density at radius 3 is 2.67 bits per heavy atom. The molecule has 0 N–H and O–H groups in total. The SMILES string of the molecule is CN(C)CC1CN(c2ccc(Cl)nn2)C1. The summed E-state index contributed by atoms with van der Waals surface area (Å²) < 4.78 is 0. The van der Waals surface area contributed by atoms with E-state index in [1.807, 2.05) is 6.07 Å². The van der Waals surface area contributed by atoms with E-state index in [9.17, 15) is 0 Å². The topological polar surface area (TPSA) is 32.3 Å². The Morgan fingerprint density at radius 2 is 2.13 bits per heavy atom. The Hall–Kier alpha value is -0.870. The number of aromatic nitrogens is 2. The molecule has 15 heavy (non-hydrogen) atoms. The molecule has 0 radical (unpaired) electrons. The second-order valence-electron chi connectivity index (χ2n) is 4.25. The summed E-state index contributed by atoms with van der Waals surface area (Å²) in [6.07, 6.45) is 0. The predicted octanol–water partition coefficient (Wildman–Crippen LogP) is 1.13. The van der Waals surface area contributed by atoms with Gasteiger partial charge in [0, 0.05) is 25.6 Å². The highest BCUT2D eigenvalue weighted by Gasteiger charge is 2.27. The molecule has 82 valence electrons. The van der Waals surface area contributed by atoms with Crippen molar-refractivity contribution in [3.63, 3.8) is 0 Å². The van der Waals surface area contributed by atoms with Crippen molar-refractivity contribution in [1.29, 1.82) is 0 Å². The van der Waals surface area contributed by atoms with E-state index in [1.54, 1.807) is 6.07 Å². The van der Waals surface area contributed by atoms with Gasteiger partial charge in [0.25, 0.3) is 0 Å². The van der Waals surface area contributed by atoms with E-state index < -0.39 is 0 Å². The third-order valence-corrected chi connectivity index (χ3v) is 2.72. The van der Waals surface area contributed by atoms with E-state index in [4.69, 9.17) is 11.6 Å². The van der Waals surface area contributed by atoms with Crippen molar-refractivity contribution in [3.8, 4) is 0 Å². The largest absolute Gasteiger partial charge is 0.354 e. The third kappa shape index (κ3) is 2.58. The molecule has 1 aromatic rings. The van der Waals surface area contributed by atoms with Crippen LogP contribution in [0.2, 0.25) is 5.15 Å². The monoisotopic (exact) mass is 226 g/mol. The van der Waals surface area contributed by atoms with E-state index in [0.29, 0.717) is 5.15 Å².